The molecule has 0 amide bonds. The molecular weight excluding hydrogens is 359 g/mol. The predicted octanol–water partition coefficient (Wildman–Crippen LogP) is 4.20. The molecule has 2 atom stereocenters. The maximum Gasteiger partial charge on any atom is 0.314 e. The Morgan fingerprint density at radius 1 is 1.46 bits per heavy atom. The Hall–Kier alpha value is -2.25. The molecule has 0 saturated carbocycles. The van der Waals surface area contributed by atoms with E-state index >= 15 is 0 Å². The number of hydrogen-bond donors (Lipinski definition) is 1. The largest absolute Gasteiger partial charge is 0.364 e. The minimum atomic E-state index is -0.438. The zero-order valence-electron chi connectivity index (χ0n) is 14.6. The summed E-state index contributed by atoms with van der Waals surface area (Å²) in [5.74, 6) is 0.000228. The smallest absolute Gasteiger partial charge is 0.314 e. The van der Waals surface area contributed by atoms with Gasteiger partial charge >= 0.3 is 5.69 Å². The zero-order chi connectivity index (χ0) is 18.8. The van der Waals surface area contributed by atoms with Gasteiger partial charge in [-0.25, -0.2) is 9.37 Å². The fourth-order valence-corrected chi connectivity index (χ4v) is 3.72. The van der Waals surface area contributed by atoms with Crippen molar-refractivity contribution in [3.8, 4) is 0 Å². The third-order valence-electron chi connectivity index (χ3n) is 4.90. The first-order chi connectivity index (χ1) is 12.4. The maximum absolute atomic E-state index is 13.9. The number of nitrogens with one attached hydrogen (secondary N) is 1. The summed E-state index contributed by atoms with van der Waals surface area (Å²) in [7, 11) is 1.99. The van der Waals surface area contributed by atoms with Gasteiger partial charge in [0.05, 0.1) is 9.95 Å². The van der Waals surface area contributed by atoms with Gasteiger partial charge in [0.25, 0.3) is 0 Å². The number of hydrogen-bond acceptors (Lipinski definition) is 5. The highest BCUT2D eigenvalue weighted by molar-refractivity contribution is 6.30. The number of rotatable bonds is 5. The molecule has 1 fully saturated rings. The first-order valence-electron chi connectivity index (χ1n) is 8.37. The van der Waals surface area contributed by atoms with Crippen LogP contribution in [0.25, 0.3) is 0 Å². The lowest BCUT2D eigenvalue weighted by atomic mass is 9.93. The van der Waals surface area contributed by atoms with E-state index in [1.165, 1.54) is 6.07 Å². The van der Waals surface area contributed by atoms with Crippen LogP contribution in [0.5, 0.6) is 0 Å². The monoisotopic (exact) mass is 378 g/mol. The van der Waals surface area contributed by atoms with Crippen LogP contribution in [0.15, 0.2) is 30.5 Å². The van der Waals surface area contributed by atoms with Gasteiger partial charge in [-0.2, -0.15) is 0 Å². The fraction of sp³-hybridized carbons (Fsp3) is 0.389. The molecule has 138 valence electrons. The molecule has 3 rings (SSSR count). The second-order valence-corrected chi connectivity index (χ2v) is 7.02. The van der Waals surface area contributed by atoms with E-state index in [9.17, 15) is 14.5 Å². The van der Waals surface area contributed by atoms with Gasteiger partial charge in [0, 0.05) is 24.3 Å². The van der Waals surface area contributed by atoms with Crippen LogP contribution in [-0.2, 0) is 0 Å². The Balaban J connectivity index is 1.80. The third kappa shape index (κ3) is 3.64. The Morgan fingerprint density at radius 3 is 2.92 bits per heavy atom. The van der Waals surface area contributed by atoms with E-state index in [0.29, 0.717) is 12.1 Å². The van der Waals surface area contributed by atoms with Crippen LogP contribution in [0.4, 0.5) is 15.9 Å². The van der Waals surface area contributed by atoms with Crippen molar-refractivity contribution in [1.29, 1.82) is 0 Å². The maximum atomic E-state index is 13.9. The number of nitro groups is 1. The number of halogens is 2. The number of likely N-dealkylation sites (tertiary alicyclic amines) is 1. The molecule has 0 bridgehead atoms. The van der Waals surface area contributed by atoms with E-state index in [1.807, 2.05) is 13.1 Å². The molecule has 0 radical (unpaired) electrons. The van der Waals surface area contributed by atoms with Gasteiger partial charge in [-0.15, -0.1) is 0 Å². The van der Waals surface area contributed by atoms with Crippen molar-refractivity contribution < 1.29 is 9.31 Å². The Labute approximate surface area is 156 Å². The number of pyridine rings is 1. The molecule has 2 aromatic rings. The number of nitrogens with zero attached hydrogens (tertiary/aromatic N) is 3. The number of benzene rings is 1. The molecule has 26 heavy (non-hydrogen) atoms. The molecule has 1 aliphatic heterocycles. The Kier molecular flexibility index (Phi) is 5.38. The summed E-state index contributed by atoms with van der Waals surface area (Å²) >= 11 is 5.79. The lowest BCUT2D eigenvalue weighted by Gasteiger charge is -2.26. The lowest BCUT2D eigenvalue weighted by Crippen LogP contribution is -2.25. The Morgan fingerprint density at radius 2 is 2.23 bits per heavy atom. The number of anilines is 1. The molecule has 1 aromatic carbocycles. The summed E-state index contributed by atoms with van der Waals surface area (Å²) in [4.78, 5) is 17.2. The first-order valence-corrected chi connectivity index (χ1v) is 8.75. The van der Waals surface area contributed by atoms with Crippen molar-refractivity contribution in [2.45, 2.75) is 19.4 Å². The van der Waals surface area contributed by atoms with Crippen LogP contribution in [0.2, 0.25) is 5.02 Å². The van der Waals surface area contributed by atoms with Crippen molar-refractivity contribution in [3.05, 3.63) is 62.5 Å². The summed E-state index contributed by atoms with van der Waals surface area (Å²) in [6, 6.07) is 6.49. The Bertz CT molecular complexity index is 833. The van der Waals surface area contributed by atoms with Crippen molar-refractivity contribution in [1.82, 2.24) is 9.88 Å². The van der Waals surface area contributed by atoms with Gasteiger partial charge in [-0.3, -0.25) is 15.0 Å². The third-order valence-corrected chi connectivity index (χ3v) is 5.21. The molecule has 2 heterocycles. The van der Waals surface area contributed by atoms with Gasteiger partial charge in [-0.05, 0) is 56.6 Å². The lowest BCUT2D eigenvalue weighted by molar-refractivity contribution is -0.384. The van der Waals surface area contributed by atoms with Gasteiger partial charge in [0.1, 0.15) is 5.82 Å². The van der Waals surface area contributed by atoms with Crippen LogP contribution < -0.4 is 5.32 Å². The molecule has 1 aliphatic rings. The summed E-state index contributed by atoms with van der Waals surface area (Å²) in [6.07, 6.45) is 2.45. The molecule has 1 saturated heterocycles. The van der Waals surface area contributed by atoms with Crippen LogP contribution in [0.1, 0.15) is 23.6 Å². The topological polar surface area (TPSA) is 71.3 Å². The summed E-state index contributed by atoms with van der Waals surface area (Å²) in [5, 5.41) is 14.5. The average molecular weight is 379 g/mol. The molecule has 6 nitrogen and oxygen atoms in total. The predicted molar refractivity (Wildman–Crippen MR) is 99.0 cm³/mol. The molecule has 1 aromatic heterocycles. The number of aryl methyl sites for hydroxylation is 1. The van der Waals surface area contributed by atoms with Gasteiger partial charge in [0.2, 0.25) is 5.82 Å². The van der Waals surface area contributed by atoms with Crippen molar-refractivity contribution in [2.75, 3.05) is 25.5 Å². The van der Waals surface area contributed by atoms with Crippen LogP contribution in [0, 0.1) is 28.8 Å². The van der Waals surface area contributed by atoms with Gasteiger partial charge in [0.15, 0.2) is 0 Å². The SMILES string of the molecule is Cc1ccnc(NCC2CCN(C)C2c2ccc(Cl)c(F)c2)c1[N+](=O)[O-]. The van der Waals surface area contributed by atoms with Gasteiger partial charge in [-0.1, -0.05) is 17.7 Å². The second-order valence-electron chi connectivity index (χ2n) is 6.61. The highest BCUT2D eigenvalue weighted by Gasteiger charge is 2.33. The van der Waals surface area contributed by atoms with Crippen molar-refractivity contribution in [3.63, 3.8) is 0 Å². The van der Waals surface area contributed by atoms with Gasteiger partial charge < -0.3 is 5.32 Å². The molecule has 1 N–H and O–H groups in total. The van der Waals surface area contributed by atoms with E-state index in [0.717, 1.165) is 18.5 Å². The second kappa shape index (κ2) is 7.55. The van der Waals surface area contributed by atoms with E-state index in [4.69, 9.17) is 11.6 Å². The normalized spacial score (nSPS) is 20.3. The average Bonchev–Trinajstić information content (AvgIpc) is 2.96. The van der Waals surface area contributed by atoms with E-state index in [-0.39, 0.29) is 28.5 Å². The minimum absolute atomic E-state index is 0.00654. The van der Waals surface area contributed by atoms with Crippen molar-refractivity contribution >= 4 is 23.1 Å². The fourth-order valence-electron chi connectivity index (χ4n) is 3.60. The molecular formula is C18H20ClFN4O2. The number of aromatic nitrogens is 1. The highest BCUT2D eigenvalue weighted by atomic mass is 35.5. The van der Waals surface area contributed by atoms with E-state index in [2.05, 4.69) is 15.2 Å². The zero-order valence-corrected chi connectivity index (χ0v) is 15.3. The highest BCUT2D eigenvalue weighted by Crippen LogP contribution is 2.37. The summed E-state index contributed by atoms with van der Waals surface area (Å²) < 4.78 is 13.9. The first kappa shape index (κ1) is 18.5. The van der Waals surface area contributed by atoms with E-state index < -0.39 is 10.7 Å². The van der Waals surface area contributed by atoms with Crippen molar-refractivity contribution in [2.24, 2.45) is 5.92 Å². The molecule has 0 spiro atoms. The summed E-state index contributed by atoms with van der Waals surface area (Å²) in [6.45, 7) is 3.06. The van der Waals surface area contributed by atoms with Crippen LogP contribution in [0.3, 0.4) is 0 Å². The van der Waals surface area contributed by atoms with Crippen LogP contribution in [-0.4, -0.2) is 34.9 Å². The standard InChI is InChI=1S/C18H20ClFN4O2/c1-11-5-7-21-18(16(11)24(25)26)22-10-13-6-8-23(2)17(13)12-3-4-14(19)15(20)9-12/h3-5,7,9,13,17H,6,8,10H2,1-2H3,(H,21,22). The molecule has 8 heteroatoms. The quantitative estimate of drug-likeness (QED) is 0.623. The molecule has 0 aliphatic carbocycles. The van der Waals surface area contributed by atoms with Crippen LogP contribution >= 0.6 is 11.6 Å². The minimum Gasteiger partial charge on any atom is -0.364 e. The summed E-state index contributed by atoms with van der Waals surface area (Å²) in [5.41, 5.74) is 1.41. The van der Waals surface area contributed by atoms with E-state index in [1.54, 1.807) is 25.3 Å². The molecule has 2 unspecified atom stereocenters.